The van der Waals surface area contributed by atoms with E-state index >= 15 is 0 Å². The minimum absolute atomic E-state index is 0.0177. The molecule has 7 nitrogen and oxygen atoms in total. The van der Waals surface area contributed by atoms with Crippen LogP contribution in [0.5, 0.6) is 0 Å². The van der Waals surface area contributed by atoms with Gasteiger partial charge in [-0.3, -0.25) is 14.9 Å². The molecule has 1 amide bonds. The Morgan fingerprint density at radius 3 is 2.57 bits per heavy atom. The smallest absolute Gasteiger partial charge is 0.423 e. The van der Waals surface area contributed by atoms with Crippen molar-refractivity contribution in [2.75, 3.05) is 5.32 Å². The summed E-state index contributed by atoms with van der Waals surface area (Å²) in [5, 5.41) is 31.4. The Morgan fingerprint density at radius 2 is 1.96 bits per heavy atom. The number of nitrogens with one attached hydrogen (secondary N) is 1. The molecule has 0 heterocycles. The van der Waals surface area contributed by atoms with E-state index in [1.165, 1.54) is 18.2 Å². The number of nitro groups is 1. The van der Waals surface area contributed by atoms with Crippen LogP contribution >= 0.6 is 11.6 Å². The van der Waals surface area contributed by atoms with Gasteiger partial charge in [-0.1, -0.05) is 11.6 Å². The lowest BCUT2D eigenvalue weighted by atomic mass is 9.79. The van der Waals surface area contributed by atoms with Crippen molar-refractivity contribution in [1.82, 2.24) is 0 Å². The molecule has 118 valence electrons. The number of rotatable bonds is 4. The first kappa shape index (κ1) is 16.9. The van der Waals surface area contributed by atoms with Crippen LogP contribution in [-0.4, -0.2) is 28.0 Å². The predicted octanol–water partition coefficient (Wildman–Crippen LogP) is 1.32. The lowest BCUT2D eigenvalue weighted by Crippen LogP contribution is -2.32. The van der Waals surface area contributed by atoms with Gasteiger partial charge in [0.05, 0.1) is 4.92 Å². The molecule has 0 aliphatic heterocycles. The molecule has 2 rings (SSSR count). The van der Waals surface area contributed by atoms with Gasteiger partial charge in [0.25, 0.3) is 5.91 Å². The lowest BCUT2D eigenvalue weighted by molar-refractivity contribution is -0.387. The number of carbonyl (C=O) groups excluding carboxylic acids is 1. The van der Waals surface area contributed by atoms with Crippen molar-refractivity contribution < 1.29 is 24.2 Å². The average molecular weight is 338 g/mol. The Morgan fingerprint density at radius 1 is 1.26 bits per heavy atom. The highest BCUT2D eigenvalue weighted by atomic mass is 35.5. The van der Waals surface area contributed by atoms with Crippen LogP contribution in [0.4, 0.5) is 15.8 Å². The van der Waals surface area contributed by atoms with E-state index in [9.17, 15) is 19.3 Å². The maximum absolute atomic E-state index is 13.2. The molecular weight excluding hydrogens is 329 g/mol. The molecule has 0 aromatic heterocycles. The molecule has 0 saturated carbocycles. The molecule has 0 saturated heterocycles. The summed E-state index contributed by atoms with van der Waals surface area (Å²) in [7, 11) is -1.86. The first-order chi connectivity index (χ1) is 10.8. The van der Waals surface area contributed by atoms with Crippen molar-refractivity contribution in [2.45, 2.75) is 0 Å². The first-order valence-corrected chi connectivity index (χ1v) is 6.58. The van der Waals surface area contributed by atoms with Crippen molar-refractivity contribution >= 4 is 41.5 Å². The molecule has 0 fully saturated rings. The summed E-state index contributed by atoms with van der Waals surface area (Å²) in [6.07, 6.45) is 0. The second-order valence-corrected chi connectivity index (χ2v) is 4.89. The van der Waals surface area contributed by atoms with Gasteiger partial charge in [-0.15, -0.1) is 0 Å². The summed E-state index contributed by atoms with van der Waals surface area (Å²) in [6, 6.07) is 6.71. The normalized spacial score (nSPS) is 10.3. The van der Waals surface area contributed by atoms with E-state index in [-0.39, 0.29) is 21.7 Å². The molecule has 23 heavy (non-hydrogen) atoms. The fourth-order valence-corrected chi connectivity index (χ4v) is 2.03. The van der Waals surface area contributed by atoms with Crippen molar-refractivity contribution in [3.63, 3.8) is 0 Å². The second kappa shape index (κ2) is 6.74. The number of hydrogen-bond acceptors (Lipinski definition) is 5. The molecule has 0 aliphatic carbocycles. The zero-order valence-corrected chi connectivity index (χ0v) is 12.1. The summed E-state index contributed by atoms with van der Waals surface area (Å²) in [5.41, 5.74) is -0.775. The predicted molar refractivity (Wildman–Crippen MR) is 82.3 cm³/mol. The Labute approximate surface area is 134 Å². The van der Waals surface area contributed by atoms with Crippen LogP contribution < -0.4 is 10.8 Å². The fraction of sp³-hybridized carbons (Fsp3) is 0. The lowest BCUT2D eigenvalue weighted by Gasteiger charge is -2.08. The van der Waals surface area contributed by atoms with Crippen molar-refractivity contribution in [2.24, 2.45) is 0 Å². The number of halogens is 2. The van der Waals surface area contributed by atoms with Crippen LogP contribution in [0.2, 0.25) is 5.02 Å². The largest absolute Gasteiger partial charge is 0.489 e. The monoisotopic (exact) mass is 338 g/mol. The van der Waals surface area contributed by atoms with Crippen LogP contribution in [0.25, 0.3) is 0 Å². The van der Waals surface area contributed by atoms with Gasteiger partial charge >= 0.3 is 12.8 Å². The number of benzene rings is 2. The third-order valence-corrected chi connectivity index (χ3v) is 3.28. The maximum Gasteiger partial charge on any atom is 0.489 e. The van der Waals surface area contributed by atoms with Crippen LogP contribution in [0.1, 0.15) is 10.4 Å². The summed E-state index contributed by atoms with van der Waals surface area (Å²) in [5.74, 6) is -1.70. The van der Waals surface area contributed by atoms with E-state index in [1.54, 1.807) is 0 Å². The number of amides is 1. The Bertz CT molecular complexity index is 787. The maximum atomic E-state index is 13.2. The van der Waals surface area contributed by atoms with Crippen LogP contribution in [0.15, 0.2) is 36.4 Å². The summed E-state index contributed by atoms with van der Waals surface area (Å²) >= 11 is 5.76. The summed E-state index contributed by atoms with van der Waals surface area (Å²) in [6.45, 7) is 0. The zero-order valence-electron chi connectivity index (χ0n) is 11.4. The molecule has 2 aromatic rings. The van der Waals surface area contributed by atoms with E-state index < -0.39 is 29.5 Å². The zero-order chi connectivity index (χ0) is 17.1. The van der Waals surface area contributed by atoms with Crippen molar-refractivity contribution in [1.29, 1.82) is 0 Å². The molecule has 0 spiro atoms. The highest BCUT2D eigenvalue weighted by Crippen LogP contribution is 2.22. The Kier molecular flexibility index (Phi) is 4.94. The van der Waals surface area contributed by atoms with Crippen molar-refractivity contribution in [3.8, 4) is 0 Å². The molecule has 10 heteroatoms. The van der Waals surface area contributed by atoms with Gasteiger partial charge in [-0.2, -0.15) is 4.39 Å². The molecule has 0 radical (unpaired) electrons. The van der Waals surface area contributed by atoms with Crippen LogP contribution in [0, 0.1) is 15.9 Å². The van der Waals surface area contributed by atoms with Crippen molar-refractivity contribution in [3.05, 3.63) is 62.9 Å². The number of hydrogen-bond donors (Lipinski definition) is 3. The van der Waals surface area contributed by atoms with Gasteiger partial charge in [0.2, 0.25) is 5.82 Å². The van der Waals surface area contributed by atoms with Gasteiger partial charge in [-0.05, 0) is 30.3 Å². The SMILES string of the molecule is O=C(Nc1ccc(F)c([N+](=O)[O-])c1)c1ccc(Cl)c(B(O)O)c1. The summed E-state index contributed by atoms with van der Waals surface area (Å²) in [4.78, 5) is 21.8. The van der Waals surface area contributed by atoms with Crippen LogP contribution in [0.3, 0.4) is 0 Å². The van der Waals surface area contributed by atoms with Gasteiger partial charge in [0, 0.05) is 27.8 Å². The quantitative estimate of drug-likeness (QED) is 0.442. The summed E-state index contributed by atoms with van der Waals surface area (Å²) < 4.78 is 13.2. The average Bonchev–Trinajstić information content (AvgIpc) is 2.49. The first-order valence-electron chi connectivity index (χ1n) is 6.20. The van der Waals surface area contributed by atoms with E-state index in [1.807, 2.05) is 0 Å². The van der Waals surface area contributed by atoms with E-state index in [0.29, 0.717) is 0 Å². The molecule has 0 aliphatic rings. The standard InChI is InChI=1S/C13H9BClFN2O5/c15-10-3-1-7(5-9(10)14(20)21)13(19)17-8-2-4-11(16)12(6-8)18(22)23/h1-6,20-21H,(H,17,19). The molecule has 2 aromatic carbocycles. The Hall–Kier alpha value is -2.49. The van der Waals surface area contributed by atoms with E-state index in [0.717, 1.165) is 18.2 Å². The topological polar surface area (TPSA) is 113 Å². The Balaban J connectivity index is 2.28. The van der Waals surface area contributed by atoms with E-state index in [2.05, 4.69) is 5.32 Å². The van der Waals surface area contributed by atoms with Gasteiger partial charge in [0.1, 0.15) is 0 Å². The van der Waals surface area contributed by atoms with Gasteiger partial charge < -0.3 is 15.4 Å². The van der Waals surface area contributed by atoms with Gasteiger partial charge in [-0.25, -0.2) is 0 Å². The molecular formula is C13H9BClFN2O5. The van der Waals surface area contributed by atoms with E-state index in [4.69, 9.17) is 21.6 Å². The minimum atomic E-state index is -1.86. The third kappa shape index (κ3) is 3.83. The highest BCUT2D eigenvalue weighted by Gasteiger charge is 2.19. The molecule has 0 atom stereocenters. The third-order valence-electron chi connectivity index (χ3n) is 2.94. The fourth-order valence-electron chi connectivity index (χ4n) is 1.82. The molecule has 3 N–H and O–H groups in total. The minimum Gasteiger partial charge on any atom is -0.423 e. The number of anilines is 1. The number of nitro benzene ring substituents is 1. The highest BCUT2D eigenvalue weighted by molar-refractivity contribution is 6.62. The van der Waals surface area contributed by atoms with Crippen LogP contribution in [-0.2, 0) is 0 Å². The number of nitrogens with zero attached hydrogens (tertiary/aromatic N) is 1. The second-order valence-electron chi connectivity index (χ2n) is 4.49. The molecule has 0 unspecified atom stereocenters. The number of carbonyl (C=O) groups is 1. The molecule has 0 bridgehead atoms. The van der Waals surface area contributed by atoms with Gasteiger partial charge in [0.15, 0.2) is 0 Å².